The van der Waals surface area contributed by atoms with Gasteiger partial charge in [-0.1, -0.05) is 0 Å². The van der Waals surface area contributed by atoms with E-state index in [-0.39, 0.29) is 10.6 Å². The number of aromatic nitrogens is 2. The van der Waals surface area contributed by atoms with Crippen molar-refractivity contribution in [3.05, 3.63) is 11.0 Å². The van der Waals surface area contributed by atoms with Crippen LogP contribution < -0.4 is 5.48 Å². The van der Waals surface area contributed by atoms with Crippen LogP contribution in [0.2, 0.25) is 0 Å². The van der Waals surface area contributed by atoms with Crippen molar-refractivity contribution < 1.29 is 30.4 Å². The highest BCUT2D eigenvalue weighted by atomic mass is 32.1. The molecular weight excluding hydrogens is 278 g/mol. The molecule has 0 saturated carbocycles. The van der Waals surface area contributed by atoms with Gasteiger partial charge in [-0.25, -0.2) is 5.48 Å². The van der Waals surface area contributed by atoms with E-state index in [2.05, 4.69) is 4.98 Å². The first-order chi connectivity index (χ1) is 8.99. The number of anilines is 1. The Balaban J connectivity index is 2.38. The summed E-state index contributed by atoms with van der Waals surface area (Å²) in [6, 6.07) is 0. The number of aliphatic hydroxyl groups is 3. The Morgan fingerprint density at radius 2 is 2.11 bits per heavy atom. The lowest BCUT2D eigenvalue weighted by molar-refractivity contribution is -0.0542. The molecule has 1 aromatic heterocycles. The SMILES string of the molecule is OC[C@H]1O[C@@H](n2cc(O)c(NO)nc2=S)C(O)C1O. The lowest BCUT2D eigenvalue weighted by Crippen LogP contribution is -2.33. The Hall–Kier alpha value is -1.30. The molecule has 1 aliphatic heterocycles. The molecule has 0 aromatic carbocycles. The molecule has 2 rings (SSSR count). The maximum absolute atomic E-state index is 9.83. The molecular formula is C9H13N3O6S. The van der Waals surface area contributed by atoms with Gasteiger partial charge >= 0.3 is 0 Å². The van der Waals surface area contributed by atoms with Gasteiger partial charge in [-0.05, 0) is 12.2 Å². The average Bonchev–Trinajstić information content (AvgIpc) is 2.68. The minimum Gasteiger partial charge on any atom is -0.503 e. The average molecular weight is 291 g/mol. The fraction of sp³-hybridized carbons (Fsp3) is 0.556. The normalized spacial score (nSPS) is 30.5. The Morgan fingerprint density at radius 1 is 1.42 bits per heavy atom. The second-order valence-corrected chi connectivity index (χ2v) is 4.37. The van der Waals surface area contributed by atoms with Crippen LogP contribution in [0.15, 0.2) is 6.20 Å². The Bertz CT molecular complexity index is 523. The number of rotatable bonds is 3. The quantitative estimate of drug-likeness (QED) is 0.297. The highest BCUT2D eigenvalue weighted by molar-refractivity contribution is 7.71. The lowest BCUT2D eigenvalue weighted by Gasteiger charge is -2.18. The van der Waals surface area contributed by atoms with Gasteiger partial charge in [-0.3, -0.25) is 9.77 Å². The number of nitrogens with one attached hydrogen (secondary N) is 1. The van der Waals surface area contributed by atoms with Gasteiger partial charge in [0.2, 0.25) is 4.77 Å². The maximum Gasteiger partial charge on any atom is 0.203 e. The minimum atomic E-state index is -1.34. The zero-order chi connectivity index (χ0) is 14.2. The van der Waals surface area contributed by atoms with Crippen LogP contribution in [0.3, 0.4) is 0 Å². The number of hydrogen-bond acceptors (Lipinski definition) is 9. The predicted octanol–water partition coefficient (Wildman–Crippen LogP) is -1.27. The summed E-state index contributed by atoms with van der Waals surface area (Å²) >= 11 is 4.92. The summed E-state index contributed by atoms with van der Waals surface area (Å²) in [5, 5.41) is 46.7. The van der Waals surface area contributed by atoms with Crippen LogP contribution in [-0.4, -0.2) is 60.1 Å². The van der Waals surface area contributed by atoms with Crippen LogP contribution in [0.5, 0.6) is 5.75 Å². The molecule has 0 spiro atoms. The van der Waals surface area contributed by atoms with Crippen molar-refractivity contribution in [1.29, 1.82) is 0 Å². The Labute approximate surface area is 112 Å². The van der Waals surface area contributed by atoms with Crippen molar-refractivity contribution >= 4 is 18.0 Å². The summed E-state index contributed by atoms with van der Waals surface area (Å²) < 4.78 is 6.27. The van der Waals surface area contributed by atoms with Gasteiger partial charge in [0.05, 0.1) is 12.8 Å². The molecule has 1 aliphatic rings. The van der Waals surface area contributed by atoms with Gasteiger partial charge in [0, 0.05) is 0 Å². The third-order valence-electron chi connectivity index (χ3n) is 2.83. The van der Waals surface area contributed by atoms with Crippen molar-refractivity contribution in [3.8, 4) is 5.75 Å². The number of hydrogen-bond donors (Lipinski definition) is 6. The molecule has 4 atom stereocenters. The third kappa shape index (κ3) is 2.41. The van der Waals surface area contributed by atoms with Crippen LogP contribution in [0, 0.1) is 4.77 Å². The predicted molar refractivity (Wildman–Crippen MR) is 63.1 cm³/mol. The monoisotopic (exact) mass is 291 g/mol. The minimum absolute atomic E-state index is 0.0933. The number of aliphatic hydroxyl groups excluding tert-OH is 3. The molecule has 2 heterocycles. The van der Waals surface area contributed by atoms with Crippen LogP contribution in [-0.2, 0) is 4.74 Å². The largest absolute Gasteiger partial charge is 0.503 e. The van der Waals surface area contributed by atoms with E-state index in [1.807, 2.05) is 0 Å². The fourth-order valence-electron chi connectivity index (χ4n) is 1.83. The summed E-state index contributed by atoms with van der Waals surface area (Å²) in [6.07, 6.45) is -3.58. The molecule has 6 N–H and O–H groups in total. The van der Waals surface area contributed by atoms with E-state index in [0.29, 0.717) is 0 Å². The number of ether oxygens (including phenoxy) is 1. The molecule has 1 aromatic rings. The van der Waals surface area contributed by atoms with Gasteiger partial charge in [-0.15, -0.1) is 0 Å². The summed E-state index contributed by atoms with van der Waals surface area (Å²) in [4.78, 5) is 3.68. The zero-order valence-corrected chi connectivity index (χ0v) is 10.4. The smallest absolute Gasteiger partial charge is 0.203 e. The highest BCUT2D eigenvalue weighted by Gasteiger charge is 2.43. The van der Waals surface area contributed by atoms with E-state index < -0.39 is 36.9 Å². The van der Waals surface area contributed by atoms with Gasteiger partial charge in [0.25, 0.3) is 0 Å². The lowest BCUT2D eigenvalue weighted by atomic mass is 10.1. The Kier molecular flexibility index (Phi) is 3.99. The molecule has 1 saturated heterocycles. The van der Waals surface area contributed by atoms with Crippen molar-refractivity contribution in [1.82, 2.24) is 9.55 Å². The summed E-state index contributed by atoms with van der Waals surface area (Å²) in [5.41, 5.74) is 1.66. The van der Waals surface area contributed by atoms with Gasteiger partial charge < -0.3 is 25.2 Å². The molecule has 1 fully saturated rings. The number of nitrogens with zero attached hydrogens (tertiary/aromatic N) is 2. The molecule has 106 valence electrons. The molecule has 9 nitrogen and oxygen atoms in total. The first kappa shape index (κ1) is 14.1. The van der Waals surface area contributed by atoms with E-state index in [0.717, 1.165) is 10.8 Å². The van der Waals surface area contributed by atoms with E-state index in [9.17, 15) is 15.3 Å². The Morgan fingerprint density at radius 3 is 2.63 bits per heavy atom. The molecule has 10 heteroatoms. The fourth-order valence-corrected chi connectivity index (χ4v) is 2.08. The van der Waals surface area contributed by atoms with Gasteiger partial charge in [0.15, 0.2) is 17.8 Å². The molecule has 0 radical (unpaired) electrons. The van der Waals surface area contributed by atoms with Crippen LogP contribution in [0.1, 0.15) is 6.23 Å². The van der Waals surface area contributed by atoms with E-state index in [1.165, 1.54) is 0 Å². The standard InChI is InChI=1S/C9H13N3O6S/c13-2-4-5(15)6(16)8(18-4)12-1-3(14)7(11-17)10-9(12)19/h1,4-6,8,13-17H,2H2,(H,10,11,19)/t4-,5?,6?,8-/m1/s1. The molecule has 0 bridgehead atoms. The third-order valence-corrected chi connectivity index (χ3v) is 3.13. The summed E-state index contributed by atoms with van der Waals surface area (Å²) in [5.74, 6) is -0.665. The van der Waals surface area contributed by atoms with E-state index in [4.69, 9.17) is 27.3 Å². The van der Waals surface area contributed by atoms with Crippen LogP contribution in [0.25, 0.3) is 0 Å². The van der Waals surface area contributed by atoms with E-state index in [1.54, 1.807) is 5.48 Å². The molecule has 2 unspecified atom stereocenters. The molecule has 0 aliphatic carbocycles. The van der Waals surface area contributed by atoms with E-state index >= 15 is 0 Å². The number of aromatic hydroxyl groups is 1. The summed E-state index contributed by atoms with van der Waals surface area (Å²) in [6.45, 7) is -0.474. The molecule has 0 amide bonds. The zero-order valence-electron chi connectivity index (χ0n) is 9.54. The second-order valence-electron chi connectivity index (χ2n) is 4.01. The van der Waals surface area contributed by atoms with Crippen LogP contribution >= 0.6 is 12.2 Å². The first-order valence-corrected chi connectivity index (χ1v) is 5.75. The van der Waals surface area contributed by atoms with Crippen molar-refractivity contribution in [2.45, 2.75) is 24.5 Å². The topological polar surface area (TPSA) is 140 Å². The van der Waals surface area contributed by atoms with Crippen molar-refractivity contribution in [3.63, 3.8) is 0 Å². The van der Waals surface area contributed by atoms with Crippen molar-refractivity contribution in [2.75, 3.05) is 12.1 Å². The second kappa shape index (κ2) is 5.36. The van der Waals surface area contributed by atoms with Gasteiger partial charge in [0.1, 0.15) is 18.3 Å². The summed E-state index contributed by atoms with van der Waals surface area (Å²) in [7, 11) is 0. The first-order valence-electron chi connectivity index (χ1n) is 5.34. The van der Waals surface area contributed by atoms with Gasteiger partial charge in [-0.2, -0.15) is 4.98 Å². The highest BCUT2D eigenvalue weighted by Crippen LogP contribution is 2.31. The molecule has 19 heavy (non-hydrogen) atoms. The van der Waals surface area contributed by atoms with Crippen LogP contribution in [0.4, 0.5) is 5.82 Å². The maximum atomic E-state index is 9.83. The van der Waals surface area contributed by atoms with Crippen molar-refractivity contribution in [2.24, 2.45) is 0 Å².